The Morgan fingerprint density at radius 1 is 1.19 bits per heavy atom. The smallest absolute Gasteiger partial charge is 0.228 e. The van der Waals surface area contributed by atoms with E-state index in [0.717, 1.165) is 33.8 Å². The van der Waals surface area contributed by atoms with Crippen LogP contribution in [0.1, 0.15) is 11.5 Å². The van der Waals surface area contributed by atoms with Crippen LogP contribution in [0.3, 0.4) is 0 Å². The summed E-state index contributed by atoms with van der Waals surface area (Å²) >= 11 is 0. The fraction of sp³-hybridized carbons (Fsp3) is 0.368. The van der Waals surface area contributed by atoms with Crippen LogP contribution in [-0.2, 0) is 23.0 Å². The predicted octanol–water partition coefficient (Wildman–Crippen LogP) is 1.74. The maximum atomic E-state index is 12.4. The van der Waals surface area contributed by atoms with Crippen LogP contribution < -0.4 is 0 Å². The molecule has 1 fully saturated rings. The van der Waals surface area contributed by atoms with E-state index in [9.17, 15) is 4.79 Å². The van der Waals surface area contributed by atoms with Gasteiger partial charge >= 0.3 is 0 Å². The number of rotatable bonds is 3. The number of carbonyl (C=O) groups is 1. The fourth-order valence-electron chi connectivity index (χ4n) is 3.12. The molecule has 0 spiro atoms. The van der Waals surface area contributed by atoms with Gasteiger partial charge in [0.05, 0.1) is 48.4 Å². The van der Waals surface area contributed by atoms with Crippen LogP contribution in [0.15, 0.2) is 30.6 Å². The van der Waals surface area contributed by atoms with Gasteiger partial charge in [0.1, 0.15) is 5.82 Å². The number of fused-ring (bicyclic) bond motifs is 1. The van der Waals surface area contributed by atoms with Gasteiger partial charge in [-0.3, -0.25) is 9.78 Å². The summed E-state index contributed by atoms with van der Waals surface area (Å²) in [7, 11) is 1.97. The molecule has 0 aliphatic carbocycles. The van der Waals surface area contributed by atoms with Crippen molar-refractivity contribution in [2.75, 3.05) is 26.3 Å². The van der Waals surface area contributed by atoms with E-state index in [1.807, 2.05) is 47.8 Å². The van der Waals surface area contributed by atoms with Crippen LogP contribution in [0.5, 0.6) is 0 Å². The first-order valence-electron chi connectivity index (χ1n) is 8.72. The number of nitrogens with zero attached hydrogens (tertiary/aromatic N) is 5. The first-order chi connectivity index (χ1) is 12.6. The first kappa shape index (κ1) is 16.7. The molecule has 0 aromatic carbocycles. The lowest BCUT2D eigenvalue weighted by Crippen LogP contribution is -2.41. The second-order valence-electron chi connectivity index (χ2n) is 6.48. The molecular formula is C19H21N5O2. The summed E-state index contributed by atoms with van der Waals surface area (Å²) in [6, 6.07) is 5.88. The van der Waals surface area contributed by atoms with E-state index in [-0.39, 0.29) is 12.3 Å². The molecule has 7 nitrogen and oxygen atoms in total. The van der Waals surface area contributed by atoms with E-state index in [4.69, 9.17) is 9.72 Å². The normalized spacial score (nSPS) is 14.8. The van der Waals surface area contributed by atoms with Gasteiger partial charge in [-0.15, -0.1) is 0 Å². The third-order valence-corrected chi connectivity index (χ3v) is 4.81. The lowest BCUT2D eigenvalue weighted by atomic mass is 10.1. The average Bonchev–Trinajstić information content (AvgIpc) is 3.00. The van der Waals surface area contributed by atoms with Gasteiger partial charge in [-0.25, -0.2) is 9.97 Å². The molecule has 4 heterocycles. The number of hydrogen-bond acceptors (Lipinski definition) is 5. The van der Waals surface area contributed by atoms with E-state index in [1.54, 1.807) is 6.20 Å². The Bertz CT molecular complexity index is 960. The zero-order chi connectivity index (χ0) is 18.1. The minimum Gasteiger partial charge on any atom is -0.378 e. The Morgan fingerprint density at radius 2 is 2.00 bits per heavy atom. The van der Waals surface area contributed by atoms with E-state index in [2.05, 4.69) is 9.97 Å². The van der Waals surface area contributed by atoms with E-state index >= 15 is 0 Å². The molecule has 1 amide bonds. The maximum Gasteiger partial charge on any atom is 0.228 e. The van der Waals surface area contributed by atoms with E-state index < -0.39 is 0 Å². The van der Waals surface area contributed by atoms with Gasteiger partial charge in [0, 0.05) is 31.7 Å². The third-order valence-electron chi connectivity index (χ3n) is 4.81. The van der Waals surface area contributed by atoms with Crippen LogP contribution in [-0.4, -0.2) is 56.6 Å². The molecular weight excluding hydrogens is 330 g/mol. The summed E-state index contributed by atoms with van der Waals surface area (Å²) < 4.78 is 7.31. The number of pyridine rings is 2. The molecule has 0 N–H and O–H groups in total. The number of imidazole rings is 1. The number of amides is 1. The topological polar surface area (TPSA) is 73.1 Å². The van der Waals surface area contributed by atoms with Crippen molar-refractivity contribution in [2.45, 2.75) is 13.3 Å². The molecule has 0 atom stereocenters. The van der Waals surface area contributed by atoms with Gasteiger partial charge in [-0.2, -0.15) is 0 Å². The highest BCUT2D eigenvalue weighted by Crippen LogP contribution is 2.21. The molecule has 26 heavy (non-hydrogen) atoms. The Balaban J connectivity index is 1.61. The van der Waals surface area contributed by atoms with Crippen LogP contribution in [0.2, 0.25) is 0 Å². The molecule has 0 unspecified atom stereocenters. The van der Waals surface area contributed by atoms with Crippen molar-refractivity contribution in [1.29, 1.82) is 0 Å². The summed E-state index contributed by atoms with van der Waals surface area (Å²) in [4.78, 5) is 27.8. The number of morpholine rings is 1. The summed E-state index contributed by atoms with van der Waals surface area (Å²) in [5, 5.41) is 0.954. The molecule has 0 bridgehead atoms. The molecule has 0 radical (unpaired) electrons. The SMILES string of the molecule is Cc1ncc(-c2ccc3cnc(CC(=O)N4CCOCC4)cc3n2)n1C. The predicted molar refractivity (Wildman–Crippen MR) is 97.6 cm³/mol. The lowest BCUT2D eigenvalue weighted by molar-refractivity contribution is -0.134. The van der Waals surface area contributed by atoms with Crippen molar-refractivity contribution in [3.8, 4) is 11.4 Å². The van der Waals surface area contributed by atoms with Crippen molar-refractivity contribution in [1.82, 2.24) is 24.4 Å². The quantitative estimate of drug-likeness (QED) is 0.719. The summed E-state index contributed by atoms with van der Waals surface area (Å²) in [5.41, 5.74) is 3.39. The zero-order valence-corrected chi connectivity index (χ0v) is 15.0. The molecule has 3 aromatic rings. The number of ether oxygens (including phenoxy) is 1. The highest BCUT2D eigenvalue weighted by Gasteiger charge is 2.18. The first-order valence-corrected chi connectivity index (χ1v) is 8.72. The van der Waals surface area contributed by atoms with Crippen molar-refractivity contribution >= 4 is 16.8 Å². The molecule has 134 valence electrons. The molecule has 7 heteroatoms. The zero-order valence-electron chi connectivity index (χ0n) is 15.0. The van der Waals surface area contributed by atoms with Crippen LogP contribution in [0.25, 0.3) is 22.3 Å². The van der Waals surface area contributed by atoms with Crippen LogP contribution in [0, 0.1) is 6.92 Å². The monoisotopic (exact) mass is 351 g/mol. The lowest BCUT2D eigenvalue weighted by Gasteiger charge is -2.26. The largest absolute Gasteiger partial charge is 0.378 e. The van der Waals surface area contributed by atoms with Crippen LogP contribution >= 0.6 is 0 Å². The third kappa shape index (κ3) is 3.17. The molecule has 1 saturated heterocycles. The Hall–Kier alpha value is -2.80. The summed E-state index contributed by atoms with van der Waals surface area (Å²) in [5.74, 6) is 1.02. The number of carbonyl (C=O) groups excluding carboxylic acids is 1. The molecule has 1 aliphatic heterocycles. The van der Waals surface area contributed by atoms with Gasteiger partial charge in [0.15, 0.2) is 0 Å². The number of hydrogen-bond donors (Lipinski definition) is 0. The highest BCUT2D eigenvalue weighted by atomic mass is 16.5. The van der Waals surface area contributed by atoms with E-state index in [0.29, 0.717) is 26.3 Å². The van der Waals surface area contributed by atoms with Crippen molar-refractivity contribution < 1.29 is 9.53 Å². The molecule has 0 saturated carbocycles. The van der Waals surface area contributed by atoms with Crippen molar-refractivity contribution in [3.05, 3.63) is 42.1 Å². The Kier molecular flexibility index (Phi) is 4.38. The van der Waals surface area contributed by atoms with Crippen LogP contribution in [0.4, 0.5) is 0 Å². The fourth-order valence-corrected chi connectivity index (χ4v) is 3.12. The van der Waals surface area contributed by atoms with Gasteiger partial charge in [-0.05, 0) is 25.1 Å². The molecule has 1 aliphatic rings. The summed E-state index contributed by atoms with van der Waals surface area (Å²) in [6.07, 6.45) is 3.89. The van der Waals surface area contributed by atoms with Gasteiger partial charge in [0.2, 0.25) is 5.91 Å². The summed E-state index contributed by atoms with van der Waals surface area (Å²) in [6.45, 7) is 4.46. The van der Waals surface area contributed by atoms with Gasteiger partial charge in [0.25, 0.3) is 0 Å². The van der Waals surface area contributed by atoms with Crippen molar-refractivity contribution in [3.63, 3.8) is 0 Å². The van der Waals surface area contributed by atoms with Crippen molar-refractivity contribution in [2.24, 2.45) is 7.05 Å². The van der Waals surface area contributed by atoms with Gasteiger partial charge in [-0.1, -0.05) is 0 Å². The maximum absolute atomic E-state index is 12.4. The average molecular weight is 351 g/mol. The standard InChI is InChI=1S/C19H21N5O2/c1-13-20-12-18(23(13)2)16-4-3-14-11-21-15(9-17(14)22-16)10-19(25)24-5-7-26-8-6-24/h3-4,9,11-12H,5-8,10H2,1-2H3. The minimum atomic E-state index is 0.0820. The second kappa shape index (κ2) is 6.84. The highest BCUT2D eigenvalue weighted by molar-refractivity contribution is 5.83. The van der Waals surface area contributed by atoms with E-state index in [1.165, 1.54) is 0 Å². The second-order valence-corrected chi connectivity index (χ2v) is 6.48. The Morgan fingerprint density at radius 3 is 2.73 bits per heavy atom. The Labute approximate surface area is 151 Å². The molecule has 3 aromatic heterocycles. The minimum absolute atomic E-state index is 0.0820. The number of aromatic nitrogens is 4. The molecule has 4 rings (SSSR count). The number of aryl methyl sites for hydroxylation is 1. The van der Waals surface area contributed by atoms with Gasteiger partial charge < -0.3 is 14.2 Å².